The Morgan fingerprint density at radius 3 is 2.62 bits per heavy atom. The lowest BCUT2D eigenvalue weighted by atomic mass is 10.1. The first-order chi connectivity index (χ1) is 9.99. The van der Waals surface area contributed by atoms with Gasteiger partial charge in [-0.3, -0.25) is 9.59 Å². The van der Waals surface area contributed by atoms with Crippen LogP contribution in [0, 0.1) is 0 Å². The molecule has 1 unspecified atom stereocenters. The van der Waals surface area contributed by atoms with E-state index in [0.29, 0.717) is 22.8 Å². The highest BCUT2D eigenvalue weighted by Gasteiger charge is 2.18. The van der Waals surface area contributed by atoms with E-state index in [0.717, 1.165) is 13.0 Å². The third-order valence-electron chi connectivity index (χ3n) is 2.88. The van der Waals surface area contributed by atoms with Crippen LogP contribution in [-0.2, 0) is 4.79 Å². The van der Waals surface area contributed by atoms with Gasteiger partial charge in [-0.05, 0) is 38.5 Å². The molecule has 0 bridgehead atoms. The molecule has 0 aliphatic heterocycles. The van der Waals surface area contributed by atoms with Gasteiger partial charge in [0.05, 0.1) is 5.56 Å². The van der Waals surface area contributed by atoms with Gasteiger partial charge in [-0.15, -0.1) is 0 Å². The molecule has 6 heteroatoms. The Labute approximate surface area is 130 Å². The molecule has 0 spiro atoms. The number of hydrogen-bond acceptors (Lipinski definition) is 3. The first-order valence-corrected chi connectivity index (χ1v) is 7.49. The van der Waals surface area contributed by atoms with Crippen molar-refractivity contribution in [3.8, 4) is 0 Å². The van der Waals surface area contributed by atoms with Crippen LogP contribution < -0.4 is 16.0 Å². The Bertz CT molecular complexity index is 506. The molecule has 0 saturated heterocycles. The molecule has 0 saturated carbocycles. The summed E-state index contributed by atoms with van der Waals surface area (Å²) >= 11 is 5.96. The van der Waals surface area contributed by atoms with Gasteiger partial charge in [0.2, 0.25) is 5.91 Å². The Kier molecular flexibility index (Phi) is 7.02. The SMILES string of the molecule is CCCNc1ccc(Cl)cc1C(=O)NC(C)C(=O)NCC. The van der Waals surface area contributed by atoms with Crippen molar-refractivity contribution in [1.82, 2.24) is 10.6 Å². The number of benzene rings is 1. The molecule has 0 aliphatic carbocycles. The minimum atomic E-state index is -0.601. The standard InChI is InChI=1S/C15H22ClN3O2/c1-4-8-18-13-7-6-11(16)9-12(13)15(21)19-10(3)14(20)17-5-2/h6-7,9-10,18H,4-5,8H2,1-3H3,(H,17,20)(H,19,21). The maximum Gasteiger partial charge on any atom is 0.254 e. The van der Waals surface area contributed by atoms with Gasteiger partial charge in [0, 0.05) is 23.8 Å². The highest BCUT2D eigenvalue weighted by Crippen LogP contribution is 2.20. The third kappa shape index (κ3) is 5.27. The maximum atomic E-state index is 12.3. The van der Waals surface area contributed by atoms with Gasteiger partial charge in [0.25, 0.3) is 5.91 Å². The summed E-state index contributed by atoms with van der Waals surface area (Å²) in [4.78, 5) is 24.0. The van der Waals surface area contributed by atoms with E-state index in [4.69, 9.17) is 11.6 Å². The zero-order chi connectivity index (χ0) is 15.8. The number of anilines is 1. The number of likely N-dealkylation sites (N-methyl/N-ethyl adjacent to an activating group) is 1. The molecule has 0 fully saturated rings. The first kappa shape index (κ1) is 17.3. The first-order valence-electron chi connectivity index (χ1n) is 7.11. The van der Waals surface area contributed by atoms with E-state index in [-0.39, 0.29) is 11.8 Å². The molecule has 5 nitrogen and oxygen atoms in total. The zero-order valence-corrected chi connectivity index (χ0v) is 13.4. The maximum absolute atomic E-state index is 12.3. The molecule has 1 rings (SSSR count). The molecule has 1 atom stereocenters. The summed E-state index contributed by atoms with van der Waals surface area (Å²) in [5.41, 5.74) is 1.15. The van der Waals surface area contributed by atoms with Crippen LogP contribution in [0.5, 0.6) is 0 Å². The van der Waals surface area contributed by atoms with Gasteiger partial charge >= 0.3 is 0 Å². The molecule has 116 valence electrons. The summed E-state index contributed by atoms with van der Waals surface area (Å²) in [5.74, 6) is -0.536. The highest BCUT2D eigenvalue weighted by atomic mass is 35.5. The lowest BCUT2D eigenvalue weighted by molar-refractivity contribution is -0.122. The van der Waals surface area contributed by atoms with Gasteiger partial charge in [-0.1, -0.05) is 18.5 Å². The lowest BCUT2D eigenvalue weighted by Gasteiger charge is -2.16. The predicted octanol–water partition coefficient (Wildman–Crippen LogP) is 2.42. The lowest BCUT2D eigenvalue weighted by Crippen LogP contribution is -2.44. The number of carbonyl (C=O) groups excluding carboxylic acids is 2. The minimum Gasteiger partial charge on any atom is -0.384 e. The molecular weight excluding hydrogens is 290 g/mol. The zero-order valence-electron chi connectivity index (χ0n) is 12.6. The second-order valence-electron chi connectivity index (χ2n) is 4.71. The van der Waals surface area contributed by atoms with E-state index in [9.17, 15) is 9.59 Å². The van der Waals surface area contributed by atoms with Crippen molar-refractivity contribution in [3.63, 3.8) is 0 Å². The summed E-state index contributed by atoms with van der Waals surface area (Å²) in [5, 5.41) is 9.00. The van der Waals surface area contributed by atoms with Gasteiger partial charge < -0.3 is 16.0 Å². The van der Waals surface area contributed by atoms with Crippen LogP contribution in [0.25, 0.3) is 0 Å². The van der Waals surface area contributed by atoms with Crippen molar-refractivity contribution < 1.29 is 9.59 Å². The van der Waals surface area contributed by atoms with E-state index < -0.39 is 6.04 Å². The Hall–Kier alpha value is -1.75. The Balaban J connectivity index is 2.85. The number of amides is 2. The van der Waals surface area contributed by atoms with Gasteiger partial charge in [-0.2, -0.15) is 0 Å². The molecule has 1 aromatic rings. The summed E-state index contributed by atoms with van der Waals surface area (Å²) < 4.78 is 0. The van der Waals surface area contributed by atoms with E-state index in [1.807, 2.05) is 13.8 Å². The molecule has 1 aromatic carbocycles. The fraction of sp³-hybridized carbons (Fsp3) is 0.467. The van der Waals surface area contributed by atoms with Crippen molar-refractivity contribution in [2.75, 3.05) is 18.4 Å². The van der Waals surface area contributed by atoms with Crippen molar-refractivity contribution >= 4 is 29.1 Å². The van der Waals surface area contributed by atoms with E-state index in [1.54, 1.807) is 25.1 Å². The summed E-state index contributed by atoms with van der Waals surface area (Å²) in [6, 6.07) is 4.49. The monoisotopic (exact) mass is 311 g/mol. The molecule has 0 aliphatic rings. The topological polar surface area (TPSA) is 70.2 Å². The number of carbonyl (C=O) groups is 2. The van der Waals surface area contributed by atoms with Crippen molar-refractivity contribution in [3.05, 3.63) is 28.8 Å². The van der Waals surface area contributed by atoms with Gasteiger partial charge in [0.1, 0.15) is 6.04 Å². The summed E-state index contributed by atoms with van der Waals surface area (Å²) in [7, 11) is 0. The number of halogens is 1. The van der Waals surface area contributed by atoms with Crippen molar-refractivity contribution in [1.29, 1.82) is 0 Å². The molecular formula is C15H22ClN3O2. The summed E-state index contributed by atoms with van der Waals surface area (Å²) in [6.07, 6.45) is 0.943. The second kappa shape index (κ2) is 8.52. The van der Waals surface area contributed by atoms with Gasteiger partial charge in [-0.25, -0.2) is 0 Å². The van der Waals surface area contributed by atoms with E-state index in [2.05, 4.69) is 16.0 Å². The normalized spacial score (nSPS) is 11.6. The van der Waals surface area contributed by atoms with E-state index in [1.165, 1.54) is 0 Å². The number of rotatable bonds is 7. The average Bonchev–Trinajstić information content (AvgIpc) is 2.46. The van der Waals surface area contributed by atoms with Crippen LogP contribution >= 0.6 is 11.6 Å². The fourth-order valence-electron chi connectivity index (χ4n) is 1.79. The van der Waals surface area contributed by atoms with Crippen LogP contribution in [0.1, 0.15) is 37.6 Å². The van der Waals surface area contributed by atoms with Crippen LogP contribution in [-0.4, -0.2) is 30.9 Å². The smallest absolute Gasteiger partial charge is 0.254 e. The molecule has 21 heavy (non-hydrogen) atoms. The quantitative estimate of drug-likeness (QED) is 0.724. The molecule has 3 N–H and O–H groups in total. The van der Waals surface area contributed by atoms with Crippen molar-refractivity contribution in [2.24, 2.45) is 0 Å². The Morgan fingerprint density at radius 1 is 1.29 bits per heavy atom. The van der Waals surface area contributed by atoms with Crippen LogP contribution in [0.3, 0.4) is 0 Å². The van der Waals surface area contributed by atoms with E-state index >= 15 is 0 Å². The van der Waals surface area contributed by atoms with Crippen LogP contribution in [0.4, 0.5) is 5.69 Å². The average molecular weight is 312 g/mol. The summed E-state index contributed by atoms with van der Waals surface area (Å²) in [6.45, 7) is 6.80. The molecule has 0 heterocycles. The minimum absolute atomic E-state index is 0.212. The number of hydrogen-bond donors (Lipinski definition) is 3. The van der Waals surface area contributed by atoms with Gasteiger partial charge in [0.15, 0.2) is 0 Å². The highest BCUT2D eigenvalue weighted by molar-refractivity contribution is 6.31. The fourth-order valence-corrected chi connectivity index (χ4v) is 1.96. The number of nitrogens with one attached hydrogen (secondary N) is 3. The molecule has 0 aromatic heterocycles. The molecule has 2 amide bonds. The Morgan fingerprint density at radius 2 is 2.00 bits per heavy atom. The molecule has 0 radical (unpaired) electrons. The largest absolute Gasteiger partial charge is 0.384 e. The van der Waals surface area contributed by atoms with Crippen LogP contribution in [0.2, 0.25) is 5.02 Å². The third-order valence-corrected chi connectivity index (χ3v) is 3.12. The van der Waals surface area contributed by atoms with Crippen molar-refractivity contribution in [2.45, 2.75) is 33.2 Å². The van der Waals surface area contributed by atoms with Crippen LogP contribution in [0.15, 0.2) is 18.2 Å². The second-order valence-corrected chi connectivity index (χ2v) is 5.14. The predicted molar refractivity (Wildman–Crippen MR) is 85.8 cm³/mol.